The number of carbonyl (C=O) groups is 2. The number of aryl methyl sites for hydroxylation is 1. The van der Waals surface area contributed by atoms with Gasteiger partial charge >= 0.3 is 5.97 Å². The molecule has 7 nitrogen and oxygen atoms in total. The van der Waals surface area contributed by atoms with Crippen molar-refractivity contribution < 1.29 is 19.4 Å². The number of aliphatic carboxylic acids is 1. The quantitative estimate of drug-likeness (QED) is 0.867. The molecular weight excluding hydrogens is 346 g/mol. The van der Waals surface area contributed by atoms with E-state index in [2.05, 4.69) is 16.7 Å². The molecule has 4 rings (SSSR count). The lowest BCUT2D eigenvalue weighted by molar-refractivity contribution is -0.139. The second-order valence-corrected chi connectivity index (χ2v) is 7.64. The van der Waals surface area contributed by atoms with Crippen LogP contribution in [0.25, 0.3) is 10.9 Å². The van der Waals surface area contributed by atoms with Crippen LogP contribution in [0.4, 0.5) is 0 Å². The Morgan fingerprint density at radius 1 is 1.19 bits per heavy atom. The zero-order valence-corrected chi connectivity index (χ0v) is 15.5. The Morgan fingerprint density at radius 3 is 2.81 bits per heavy atom. The van der Waals surface area contributed by atoms with Crippen molar-refractivity contribution in [1.82, 2.24) is 14.4 Å². The van der Waals surface area contributed by atoms with E-state index in [-0.39, 0.29) is 24.4 Å². The molecule has 1 amide bonds. The van der Waals surface area contributed by atoms with E-state index < -0.39 is 5.97 Å². The lowest BCUT2D eigenvalue weighted by Gasteiger charge is -2.30. The van der Waals surface area contributed by atoms with E-state index in [9.17, 15) is 14.7 Å². The first-order valence-corrected chi connectivity index (χ1v) is 9.35. The number of benzene rings is 1. The Hall–Kier alpha value is -2.38. The molecule has 0 saturated carbocycles. The Morgan fingerprint density at radius 2 is 2.00 bits per heavy atom. The molecule has 2 fully saturated rings. The number of carboxylic acids is 1. The van der Waals surface area contributed by atoms with Crippen molar-refractivity contribution in [1.29, 1.82) is 0 Å². The smallest absolute Gasteiger partial charge is 0.317 e. The van der Waals surface area contributed by atoms with Crippen LogP contribution in [0.5, 0.6) is 0 Å². The number of carboxylic acid groups (broad SMARTS) is 1. The summed E-state index contributed by atoms with van der Waals surface area (Å²) in [5, 5.41) is 10.3. The second-order valence-electron chi connectivity index (χ2n) is 7.64. The maximum absolute atomic E-state index is 13.1. The fourth-order valence-electron chi connectivity index (χ4n) is 4.34. The highest BCUT2D eigenvalue weighted by Crippen LogP contribution is 2.23. The average Bonchev–Trinajstić information content (AvgIpc) is 2.74. The molecule has 2 saturated heterocycles. The minimum Gasteiger partial charge on any atom is -0.480 e. The molecule has 1 aromatic heterocycles. The summed E-state index contributed by atoms with van der Waals surface area (Å²) in [4.78, 5) is 28.1. The van der Waals surface area contributed by atoms with Crippen molar-refractivity contribution in [3.8, 4) is 0 Å². The van der Waals surface area contributed by atoms with Crippen LogP contribution < -0.4 is 0 Å². The van der Waals surface area contributed by atoms with E-state index >= 15 is 0 Å². The maximum Gasteiger partial charge on any atom is 0.317 e. The van der Waals surface area contributed by atoms with Gasteiger partial charge in [0.25, 0.3) is 0 Å². The van der Waals surface area contributed by atoms with Crippen molar-refractivity contribution in [2.24, 2.45) is 13.0 Å². The van der Waals surface area contributed by atoms with E-state index in [0.29, 0.717) is 39.3 Å². The molecule has 0 aliphatic carbocycles. The van der Waals surface area contributed by atoms with Crippen LogP contribution in [-0.2, 0) is 27.8 Å². The van der Waals surface area contributed by atoms with Crippen LogP contribution in [-0.4, -0.2) is 76.8 Å². The number of aromatic nitrogens is 1. The van der Waals surface area contributed by atoms with Gasteiger partial charge in [-0.1, -0.05) is 18.2 Å². The molecule has 27 heavy (non-hydrogen) atoms. The van der Waals surface area contributed by atoms with Gasteiger partial charge in [0.1, 0.15) is 0 Å². The van der Waals surface area contributed by atoms with Gasteiger partial charge in [-0.3, -0.25) is 14.5 Å². The predicted molar refractivity (Wildman–Crippen MR) is 101 cm³/mol. The molecule has 2 aliphatic rings. The number of carbonyl (C=O) groups excluding carboxylic acids is 1. The number of ether oxygens (including phenoxy) is 1. The molecule has 2 atom stereocenters. The summed E-state index contributed by atoms with van der Waals surface area (Å²) in [6.45, 7) is 2.85. The van der Waals surface area contributed by atoms with Crippen LogP contribution in [0.2, 0.25) is 0 Å². The van der Waals surface area contributed by atoms with Gasteiger partial charge in [-0.25, -0.2) is 0 Å². The first-order chi connectivity index (χ1) is 13.0. The fourth-order valence-corrected chi connectivity index (χ4v) is 4.34. The molecule has 144 valence electrons. The van der Waals surface area contributed by atoms with E-state index in [1.54, 1.807) is 0 Å². The summed E-state index contributed by atoms with van der Waals surface area (Å²) in [7, 11) is 1.99. The number of amides is 1. The molecular formula is C20H25N3O4. The summed E-state index contributed by atoms with van der Waals surface area (Å²) in [6, 6.07) is 8.04. The first-order valence-electron chi connectivity index (χ1n) is 9.35. The first kappa shape index (κ1) is 18.0. The van der Waals surface area contributed by atoms with Gasteiger partial charge in [0.15, 0.2) is 0 Å². The third kappa shape index (κ3) is 3.70. The van der Waals surface area contributed by atoms with Crippen LogP contribution in [0.15, 0.2) is 30.5 Å². The third-order valence-corrected chi connectivity index (χ3v) is 5.59. The van der Waals surface area contributed by atoms with Crippen molar-refractivity contribution in [2.45, 2.75) is 12.5 Å². The van der Waals surface area contributed by atoms with Crippen LogP contribution in [0, 0.1) is 5.92 Å². The van der Waals surface area contributed by atoms with Crippen molar-refractivity contribution in [3.63, 3.8) is 0 Å². The number of hydrogen-bond acceptors (Lipinski definition) is 4. The van der Waals surface area contributed by atoms with Crippen molar-refractivity contribution in [2.75, 3.05) is 39.4 Å². The molecule has 2 bridgehead atoms. The topological polar surface area (TPSA) is 75.0 Å². The summed E-state index contributed by atoms with van der Waals surface area (Å²) in [5.41, 5.74) is 2.15. The van der Waals surface area contributed by atoms with Gasteiger partial charge in [0, 0.05) is 49.7 Å². The van der Waals surface area contributed by atoms with Gasteiger partial charge in [-0.2, -0.15) is 0 Å². The average molecular weight is 371 g/mol. The lowest BCUT2D eigenvalue weighted by atomic mass is 10.1. The Bertz CT molecular complexity index is 862. The highest BCUT2D eigenvalue weighted by molar-refractivity contribution is 5.89. The maximum atomic E-state index is 13.1. The van der Waals surface area contributed by atoms with Gasteiger partial charge < -0.3 is 19.3 Å². The normalized spacial score (nSPS) is 23.4. The van der Waals surface area contributed by atoms with E-state index in [0.717, 1.165) is 16.5 Å². The van der Waals surface area contributed by atoms with Crippen LogP contribution in [0.3, 0.4) is 0 Å². The van der Waals surface area contributed by atoms with Gasteiger partial charge in [0.2, 0.25) is 5.91 Å². The van der Waals surface area contributed by atoms with Gasteiger partial charge in [0.05, 0.1) is 32.2 Å². The fraction of sp³-hybridized carbons (Fsp3) is 0.500. The zero-order chi connectivity index (χ0) is 19.0. The standard InChI is InChI=1S/C20H25N3O4/c1-21-9-15(17-4-2-3-5-18(17)21)6-19(24)23-8-14-7-22(11-20(25)26)16(10-23)13-27-12-14/h2-5,9,14,16H,6-8,10-13H2,1H3,(H,25,26)/t14-,16+/m1/s1. The van der Waals surface area contributed by atoms with Crippen molar-refractivity contribution >= 4 is 22.8 Å². The molecule has 1 aromatic carbocycles. The molecule has 7 heteroatoms. The molecule has 2 aromatic rings. The van der Waals surface area contributed by atoms with E-state index in [1.807, 2.05) is 35.2 Å². The SMILES string of the molecule is Cn1cc(CC(=O)N2C[C@@H]3COC[C@H](C2)N(CC(=O)O)C3)c2ccccc21. The molecule has 0 radical (unpaired) electrons. The Kier molecular flexibility index (Phi) is 4.88. The highest BCUT2D eigenvalue weighted by atomic mass is 16.5. The summed E-state index contributed by atoms with van der Waals surface area (Å²) >= 11 is 0. The zero-order valence-electron chi connectivity index (χ0n) is 15.5. The van der Waals surface area contributed by atoms with Gasteiger partial charge in [-0.15, -0.1) is 0 Å². The number of para-hydroxylation sites is 1. The monoisotopic (exact) mass is 371 g/mol. The number of fused-ring (bicyclic) bond motifs is 4. The molecule has 0 spiro atoms. The van der Waals surface area contributed by atoms with Crippen LogP contribution in [0.1, 0.15) is 5.56 Å². The second kappa shape index (κ2) is 7.32. The van der Waals surface area contributed by atoms with E-state index in [4.69, 9.17) is 4.74 Å². The lowest BCUT2D eigenvalue weighted by Crippen LogP contribution is -2.47. The Balaban J connectivity index is 1.52. The third-order valence-electron chi connectivity index (χ3n) is 5.59. The van der Waals surface area contributed by atoms with Crippen LogP contribution >= 0.6 is 0 Å². The molecule has 3 heterocycles. The van der Waals surface area contributed by atoms with E-state index in [1.165, 1.54) is 0 Å². The summed E-state index contributed by atoms with van der Waals surface area (Å²) < 4.78 is 7.76. The summed E-state index contributed by atoms with van der Waals surface area (Å²) in [5.74, 6) is -0.593. The largest absolute Gasteiger partial charge is 0.480 e. The summed E-state index contributed by atoms with van der Waals surface area (Å²) in [6.07, 6.45) is 2.39. The minimum atomic E-state index is -0.837. The Labute approximate surface area is 158 Å². The predicted octanol–water partition coefficient (Wildman–Crippen LogP) is 0.965. The van der Waals surface area contributed by atoms with Gasteiger partial charge in [-0.05, 0) is 11.6 Å². The number of rotatable bonds is 4. The molecule has 0 unspecified atom stereocenters. The highest BCUT2D eigenvalue weighted by Gasteiger charge is 2.35. The van der Waals surface area contributed by atoms with Crippen molar-refractivity contribution in [3.05, 3.63) is 36.0 Å². The molecule has 2 aliphatic heterocycles. The number of hydrogen-bond donors (Lipinski definition) is 1. The number of nitrogens with zero attached hydrogens (tertiary/aromatic N) is 3. The minimum absolute atomic E-state index is 0.00409. The molecule has 1 N–H and O–H groups in total.